The van der Waals surface area contributed by atoms with Gasteiger partial charge >= 0.3 is 0 Å². The summed E-state index contributed by atoms with van der Waals surface area (Å²) in [6.07, 6.45) is 2.37. The van der Waals surface area contributed by atoms with Crippen LogP contribution < -0.4 is 10.6 Å². The zero-order valence-corrected chi connectivity index (χ0v) is 13.9. The summed E-state index contributed by atoms with van der Waals surface area (Å²) in [6, 6.07) is 12.9. The predicted molar refractivity (Wildman–Crippen MR) is 95.3 cm³/mol. The van der Waals surface area contributed by atoms with Gasteiger partial charge < -0.3 is 10.6 Å². The number of halogens is 3. The van der Waals surface area contributed by atoms with E-state index in [-0.39, 0.29) is 0 Å². The van der Waals surface area contributed by atoms with Crippen LogP contribution in [0.15, 0.2) is 54.7 Å². The van der Waals surface area contributed by atoms with Crippen LogP contribution in [0, 0.1) is 11.6 Å². The first-order chi connectivity index (χ1) is 12.1. The van der Waals surface area contributed by atoms with Gasteiger partial charge in [0.1, 0.15) is 5.82 Å². The van der Waals surface area contributed by atoms with E-state index in [4.69, 9.17) is 11.6 Å². The molecule has 0 saturated carbocycles. The molecule has 0 atom stereocenters. The Morgan fingerprint density at radius 1 is 1.00 bits per heavy atom. The monoisotopic (exact) mass is 360 g/mol. The third-order valence-electron chi connectivity index (χ3n) is 3.44. The second-order valence-electron chi connectivity index (χ2n) is 5.33. The number of hydrogen-bond acceptors (Lipinski definition) is 4. The van der Waals surface area contributed by atoms with Crippen LogP contribution in [-0.4, -0.2) is 16.5 Å². The number of rotatable bonds is 6. The molecule has 3 aromatic rings. The molecule has 2 N–H and O–H groups in total. The Hall–Kier alpha value is -2.73. The Kier molecular flexibility index (Phi) is 5.40. The zero-order valence-electron chi connectivity index (χ0n) is 13.1. The van der Waals surface area contributed by atoms with E-state index in [9.17, 15) is 8.78 Å². The van der Waals surface area contributed by atoms with Gasteiger partial charge in [0.05, 0.1) is 0 Å². The van der Waals surface area contributed by atoms with Crippen LogP contribution in [0.2, 0.25) is 5.02 Å². The predicted octanol–water partition coefficient (Wildman–Crippen LogP) is 4.81. The molecule has 25 heavy (non-hydrogen) atoms. The highest BCUT2D eigenvalue weighted by Crippen LogP contribution is 2.17. The number of hydrogen-bond donors (Lipinski definition) is 2. The maximum absolute atomic E-state index is 13.2. The highest BCUT2D eigenvalue weighted by Gasteiger charge is 2.05. The fourth-order valence-corrected chi connectivity index (χ4v) is 2.46. The molecule has 7 heteroatoms. The van der Waals surface area contributed by atoms with Crippen molar-refractivity contribution in [3.05, 3.63) is 76.9 Å². The average Bonchev–Trinajstić information content (AvgIpc) is 2.59. The van der Waals surface area contributed by atoms with Crippen LogP contribution in [0.5, 0.6) is 0 Å². The Balaban J connectivity index is 1.60. The number of aromatic nitrogens is 2. The first-order valence-corrected chi connectivity index (χ1v) is 8.01. The summed E-state index contributed by atoms with van der Waals surface area (Å²) in [4.78, 5) is 8.36. The van der Waals surface area contributed by atoms with Gasteiger partial charge in [-0.25, -0.2) is 13.8 Å². The van der Waals surface area contributed by atoms with E-state index >= 15 is 0 Å². The Morgan fingerprint density at radius 3 is 2.68 bits per heavy atom. The number of benzene rings is 2. The molecular formula is C18H15ClF2N4. The van der Waals surface area contributed by atoms with Crippen molar-refractivity contribution >= 4 is 29.1 Å². The molecule has 4 nitrogen and oxygen atoms in total. The van der Waals surface area contributed by atoms with Crippen LogP contribution in [0.25, 0.3) is 0 Å². The van der Waals surface area contributed by atoms with Gasteiger partial charge in [0.15, 0.2) is 11.6 Å². The number of nitrogens with zero attached hydrogens (tertiary/aromatic N) is 2. The Bertz CT molecular complexity index is 873. The molecule has 0 aliphatic heterocycles. The molecule has 1 aromatic heterocycles. The van der Waals surface area contributed by atoms with Gasteiger partial charge in [-0.05, 0) is 42.3 Å². The van der Waals surface area contributed by atoms with Gasteiger partial charge in [-0.15, -0.1) is 0 Å². The molecule has 0 unspecified atom stereocenters. The molecule has 3 rings (SSSR count). The molecule has 0 saturated heterocycles. The normalized spacial score (nSPS) is 10.5. The molecule has 0 aliphatic rings. The molecule has 1 heterocycles. The van der Waals surface area contributed by atoms with Gasteiger partial charge in [-0.2, -0.15) is 4.98 Å². The summed E-state index contributed by atoms with van der Waals surface area (Å²) in [6.45, 7) is 0.669. The van der Waals surface area contributed by atoms with Crippen molar-refractivity contribution in [2.24, 2.45) is 0 Å². The maximum atomic E-state index is 13.2. The van der Waals surface area contributed by atoms with Crippen molar-refractivity contribution in [1.82, 2.24) is 9.97 Å². The van der Waals surface area contributed by atoms with Gasteiger partial charge in [0.25, 0.3) is 0 Å². The fourth-order valence-electron chi connectivity index (χ4n) is 2.25. The number of anilines is 3. The average molecular weight is 361 g/mol. The quantitative estimate of drug-likeness (QED) is 0.662. The van der Waals surface area contributed by atoms with Crippen LogP contribution in [-0.2, 0) is 6.42 Å². The van der Waals surface area contributed by atoms with E-state index in [0.717, 1.165) is 24.1 Å². The molecule has 0 radical (unpaired) electrons. The molecule has 2 aromatic carbocycles. The van der Waals surface area contributed by atoms with Gasteiger partial charge in [0, 0.05) is 29.5 Å². The Morgan fingerprint density at radius 2 is 1.88 bits per heavy atom. The molecule has 0 spiro atoms. The molecule has 0 fully saturated rings. The largest absolute Gasteiger partial charge is 0.370 e. The van der Waals surface area contributed by atoms with Crippen molar-refractivity contribution in [3.63, 3.8) is 0 Å². The SMILES string of the molecule is Fc1ccc(Nc2nccc(NCCc3cccc(Cl)c3)n2)cc1F. The third-order valence-corrected chi connectivity index (χ3v) is 3.68. The first kappa shape index (κ1) is 17.1. The minimum atomic E-state index is -0.930. The molecule has 0 aliphatic carbocycles. The first-order valence-electron chi connectivity index (χ1n) is 7.63. The van der Waals surface area contributed by atoms with Crippen molar-refractivity contribution in [2.75, 3.05) is 17.2 Å². The van der Waals surface area contributed by atoms with Crippen LogP contribution >= 0.6 is 11.6 Å². The summed E-state index contributed by atoms with van der Waals surface area (Å²) in [5, 5.41) is 6.74. The van der Waals surface area contributed by atoms with Crippen LogP contribution in [0.1, 0.15) is 5.56 Å². The third kappa shape index (κ3) is 4.87. The lowest BCUT2D eigenvalue weighted by Gasteiger charge is -2.09. The summed E-state index contributed by atoms with van der Waals surface area (Å²) >= 11 is 5.96. The Labute approximate surface area is 148 Å². The van der Waals surface area contributed by atoms with E-state index in [2.05, 4.69) is 20.6 Å². The topological polar surface area (TPSA) is 49.8 Å². The lowest BCUT2D eigenvalue weighted by molar-refractivity contribution is 0.509. The van der Waals surface area contributed by atoms with E-state index in [1.54, 1.807) is 12.3 Å². The summed E-state index contributed by atoms with van der Waals surface area (Å²) < 4.78 is 26.2. The standard InChI is InChI=1S/C18H15ClF2N4/c19-13-3-1-2-12(10-13)6-8-22-17-7-9-23-18(25-17)24-14-4-5-15(20)16(21)11-14/h1-5,7,9-11H,6,8H2,(H2,22,23,24,25). The zero-order chi connectivity index (χ0) is 17.6. The van der Waals surface area contributed by atoms with E-state index in [1.165, 1.54) is 6.07 Å². The second kappa shape index (κ2) is 7.90. The van der Waals surface area contributed by atoms with E-state index in [0.29, 0.717) is 29.0 Å². The molecular weight excluding hydrogens is 346 g/mol. The van der Waals surface area contributed by atoms with Gasteiger partial charge in [0.2, 0.25) is 5.95 Å². The van der Waals surface area contributed by atoms with E-state index < -0.39 is 11.6 Å². The van der Waals surface area contributed by atoms with Gasteiger partial charge in [-0.1, -0.05) is 23.7 Å². The lowest BCUT2D eigenvalue weighted by atomic mass is 10.1. The summed E-state index contributed by atoms with van der Waals surface area (Å²) in [5.74, 6) is -0.912. The van der Waals surface area contributed by atoms with Crippen LogP contribution in [0.3, 0.4) is 0 Å². The maximum Gasteiger partial charge on any atom is 0.229 e. The van der Waals surface area contributed by atoms with Crippen LogP contribution in [0.4, 0.5) is 26.2 Å². The minimum Gasteiger partial charge on any atom is -0.370 e. The minimum absolute atomic E-state index is 0.291. The molecule has 128 valence electrons. The lowest BCUT2D eigenvalue weighted by Crippen LogP contribution is -2.07. The van der Waals surface area contributed by atoms with Crippen molar-refractivity contribution in [1.29, 1.82) is 0 Å². The summed E-state index contributed by atoms with van der Waals surface area (Å²) in [5.41, 5.74) is 1.49. The highest BCUT2D eigenvalue weighted by atomic mass is 35.5. The summed E-state index contributed by atoms with van der Waals surface area (Å²) in [7, 11) is 0. The molecule has 0 amide bonds. The van der Waals surface area contributed by atoms with Crippen molar-refractivity contribution < 1.29 is 8.78 Å². The molecule has 0 bridgehead atoms. The second-order valence-corrected chi connectivity index (χ2v) is 5.76. The van der Waals surface area contributed by atoms with Crippen molar-refractivity contribution in [2.45, 2.75) is 6.42 Å². The smallest absolute Gasteiger partial charge is 0.229 e. The number of nitrogens with one attached hydrogen (secondary N) is 2. The van der Waals surface area contributed by atoms with Gasteiger partial charge in [-0.3, -0.25) is 0 Å². The fraction of sp³-hybridized carbons (Fsp3) is 0.111. The highest BCUT2D eigenvalue weighted by molar-refractivity contribution is 6.30. The van der Waals surface area contributed by atoms with E-state index in [1.807, 2.05) is 24.3 Å². The van der Waals surface area contributed by atoms with Crippen molar-refractivity contribution in [3.8, 4) is 0 Å².